The number of rotatable bonds is 3. The van der Waals surface area contributed by atoms with Crippen molar-refractivity contribution in [3.05, 3.63) is 70.5 Å². The molecule has 26 heavy (non-hydrogen) atoms. The molecule has 3 aromatic carbocycles. The van der Waals surface area contributed by atoms with E-state index in [4.69, 9.17) is 9.72 Å². The highest BCUT2D eigenvalue weighted by Crippen LogP contribution is 2.36. The molecule has 0 saturated carbocycles. The zero-order chi connectivity index (χ0) is 18.1. The van der Waals surface area contributed by atoms with Crippen molar-refractivity contribution in [3.8, 4) is 27.6 Å². The van der Waals surface area contributed by atoms with E-state index in [1.165, 1.54) is 6.92 Å². The number of carbonyl (C=O) groups excluding carboxylic acids is 1. The van der Waals surface area contributed by atoms with E-state index >= 15 is 0 Å². The van der Waals surface area contributed by atoms with Crippen LogP contribution >= 0.6 is 27.3 Å². The van der Waals surface area contributed by atoms with Crippen LogP contribution in [0.1, 0.15) is 6.92 Å². The van der Waals surface area contributed by atoms with Gasteiger partial charge in [-0.15, -0.1) is 11.3 Å². The Labute approximate surface area is 163 Å². The van der Waals surface area contributed by atoms with Gasteiger partial charge in [0.25, 0.3) is 0 Å². The molecule has 0 aliphatic heterocycles. The Morgan fingerprint density at radius 1 is 1.04 bits per heavy atom. The standard InChI is InChI=1S/C21H14BrNO2S/c1-13(24)25-19-10-8-15-11-16(7-9-17(15)20(19)22)18-12-26-21(23-18)14-5-3-2-4-6-14/h2-12H,1H3. The SMILES string of the molecule is CC(=O)Oc1ccc2cc(-c3csc(-c4ccccc4)n3)ccc2c1Br. The molecule has 0 spiro atoms. The van der Waals surface area contributed by atoms with Crippen LogP contribution in [0.2, 0.25) is 0 Å². The van der Waals surface area contributed by atoms with E-state index in [9.17, 15) is 4.79 Å². The van der Waals surface area contributed by atoms with Crippen molar-refractivity contribution in [2.75, 3.05) is 0 Å². The second-order valence-corrected chi connectivity index (χ2v) is 7.46. The summed E-state index contributed by atoms with van der Waals surface area (Å²) in [7, 11) is 0. The molecule has 0 amide bonds. The van der Waals surface area contributed by atoms with E-state index in [0.29, 0.717) is 5.75 Å². The highest BCUT2D eigenvalue weighted by atomic mass is 79.9. The first-order valence-electron chi connectivity index (χ1n) is 8.04. The lowest BCUT2D eigenvalue weighted by atomic mass is 10.1. The number of halogens is 1. The van der Waals surface area contributed by atoms with Gasteiger partial charge >= 0.3 is 5.97 Å². The molecule has 1 heterocycles. The fourth-order valence-corrected chi connectivity index (χ4v) is 4.19. The van der Waals surface area contributed by atoms with Crippen molar-refractivity contribution in [2.45, 2.75) is 6.92 Å². The number of aromatic nitrogens is 1. The summed E-state index contributed by atoms with van der Waals surface area (Å²) in [6.45, 7) is 1.40. The molecule has 0 saturated heterocycles. The first kappa shape index (κ1) is 16.9. The summed E-state index contributed by atoms with van der Waals surface area (Å²) in [4.78, 5) is 16.0. The number of hydrogen-bond acceptors (Lipinski definition) is 4. The molecule has 4 aromatic rings. The average molecular weight is 424 g/mol. The third kappa shape index (κ3) is 3.28. The Bertz CT molecular complexity index is 1110. The van der Waals surface area contributed by atoms with Crippen LogP contribution in [0.15, 0.2) is 70.5 Å². The van der Waals surface area contributed by atoms with Gasteiger partial charge in [-0.1, -0.05) is 48.5 Å². The minimum atomic E-state index is -0.336. The summed E-state index contributed by atoms with van der Waals surface area (Å²) in [6.07, 6.45) is 0. The molecule has 0 unspecified atom stereocenters. The third-order valence-electron chi connectivity index (χ3n) is 3.99. The molecule has 0 atom stereocenters. The molecule has 0 bridgehead atoms. The number of thiazole rings is 1. The van der Waals surface area contributed by atoms with Crippen molar-refractivity contribution in [3.63, 3.8) is 0 Å². The molecule has 3 nitrogen and oxygen atoms in total. The normalized spacial score (nSPS) is 10.8. The van der Waals surface area contributed by atoms with Gasteiger partial charge in [-0.3, -0.25) is 4.79 Å². The lowest BCUT2D eigenvalue weighted by Gasteiger charge is -2.08. The van der Waals surface area contributed by atoms with Crippen LogP contribution in [0, 0.1) is 0 Å². The Morgan fingerprint density at radius 2 is 1.85 bits per heavy atom. The van der Waals surface area contributed by atoms with Gasteiger partial charge in [-0.2, -0.15) is 0 Å². The van der Waals surface area contributed by atoms with Gasteiger partial charge in [0.1, 0.15) is 10.8 Å². The van der Waals surface area contributed by atoms with Gasteiger partial charge in [0, 0.05) is 23.4 Å². The quantitative estimate of drug-likeness (QED) is 0.286. The highest BCUT2D eigenvalue weighted by Gasteiger charge is 2.11. The summed E-state index contributed by atoms with van der Waals surface area (Å²) in [5, 5.41) is 5.13. The molecule has 0 fully saturated rings. The Balaban J connectivity index is 1.72. The van der Waals surface area contributed by atoms with Crippen LogP contribution in [-0.2, 0) is 4.79 Å². The lowest BCUT2D eigenvalue weighted by Crippen LogP contribution is -2.01. The van der Waals surface area contributed by atoms with Crippen molar-refractivity contribution in [1.82, 2.24) is 4.98 Å². The van der Waals surface area contributed by atoms with Crippen LogP contribution in [0.4, 0.5) is 0 Å². The monoisotopic (exact) mass is 423 g/mol. The van der Waals surface area contributed by atoms with E-state index < -0.39 is 0 Å². The molecule has 0 N–H and O–H groups in total. The second kappa shape index (κ2) is 7.02. The molecule has 128 valence electrons. The van der Waals surface area contributed by atoms with Gasteiger partial charge in [0.15, 0.2) is 0 Å². The van der Waals surface area contributed by atoms with Crippen LogP contribution in [-0.4, -0.2) is 11.0 Å². The summed E-state index contributed by atoms with van der Waals surface area (Å²) in [5.41, 5.74) is 3.14. The van der Waals surface area contributed by atoms with Crippen LogP contribution in [0.3, 0.4) is 0 Å². The molecule has 5 heteroatoms. The summed E-state index contributed by atoms with van der Waals surface area (Å²) in [6, 6.07) is 20.1. The maximum absolute atomic E-state index is 11.2. The van der Waals surface area contributed by atoms with Crippen LogP contribution < -0.4 is 4.74 Å². The largest absolute Gasteiger partial charge is 0.425 e. The number of nitrogens with zero attached hydrogens (tertiary/aromatic N) is 1. The number of hydrogen-bond donors (Lipinski definition) is 0. The summed E-state index contributed by atoms with van der Waals surface area (Å²) in [5.74, 6) is 0.190. The van der Waals surface area contributed by atoms with Crippen LogP contribution in [0.25, 0.3) is 32.6 Å². The molecule has 4 rings (SSSR count). The van der Waals surface area contributed by atoms with Crippen LogP contribution in [0.5, 0.6) is 5.75 Å². The van der Waals surface area contributed by atoms with Gasteiger partial charge in [-0.25, -0.2) is 4.98 Å². The zero-order valence-corrected chi connectivity index (χ0v) is 16.3. The molecule has 0 radical (unpaired) electrons. The fourth-order valence-electron chi connectivity index (χ4n) is 2.78. The van der Waals surface area contributed by atoms with Crippen molar-refractivity contribution < 1.29 is 9.53 Å². The third-order valence-corrected chi connectivity index (χ3v) is 5.70. The minimum Gasteiger partial charge on any atom is -0.425 e. The van der Waals surface area contributed by atoms with Crippen molar-refractivity contribution in [2.24, 2.45) is 0 Å². The molecular weight excluding hydrogens is 410 g/mol. The van der Waals surface area contributed by atoms with Gasteiger partial charge in [-0.05, 0) is 38.8 Å². The maximum Gasteiger partial charge on any atom is 0.308 e. The topological polar surface area (TPSA) is 39.2 Å². The molecule has 0 aliphatic carbocycles. The van der Waals surface area contributed by atoms with Crippen molar-refractivity contribution >= 4 is 44.0 Å². The predicted molar refractivity (Wildman–Crippen MR) is 110 cm³/mol. The van der Waals surface area contributed by atoms with Gasteiger partial charge in [0.05, 0.1) is 10.2 Å². The summed E-state index contributed by atoms with van der Waals surface area (Å²) >= 11 is 5.17. The summed E-state index contributed by atoms with van der Waals surface area (Å²) < 4.78 is 6.00. The fraction of sp³-hybridized carbons (Fsp3) is 0.0476. The number of carbonyl (C=O) groups is 1. The number of benzene rings is 3. The number of fused-ring (bicyclic) bond motifs is 1. The van der Waals surface area contributed by atoms with E-state index in [0.717, 1.165) is 37.1 Å². The predicted octanol–water partition coefficient (Wildman–Crippen LogP) is 6.32. The lowest BCUT2D eigenvalue weighted by molar-refractivity contribution is -0.131. The average Bonchev–Trinajstić information content (AvgIpc) is 3.14. The van der Waals surface area contributed by atoms with Gasteiger partial charge < -0.3 is 4.74 Å². The van der Waals surface area contributed by atoms with E-state index in [2.05, 4.69) is 39.5 Å². The number of ether oxygens (including phenoxy) is 1. The Hall–Kier alpha value is -2.50. The zero-order valence-electron chi connectivity index (χ0n) is 13.9. The maximum atomic E-state index is 11.2. The Kier molecular flexibility index (Phi) is 4.57. The minimum absolute atomic E-state index is 0.336. The molecular formula is C21H14BrNO2S. The first-order valence-corrected chi connectivity index (χ1v) is 9.71. The van der Waals surface area contributed by atoms with E-state index in [1.54, 1.807) is 17.4 Å². The molecule has 1 aromatic heterocycles. The van der Waals surface area contributed by atoms with E-state index in [1.807, 2.05) is 36.4 Å². The second-order valence-electron chi connectivity index (χ2n) is 5.81. The van der Waals surface area contributed by atoms with E-state index in [-0.39, 0.29) is 5.97 Å². The first-order chi connectivity index (χ1) is 12.6. The smallest absolute Gasteiger partial charge is 0.308 e. The highest BCUT2D eigenvalue weighted by molar-refractivity contribution is 9.10. The number of esters is 1. The van der Waals surface area contributed by atoms with Crippen molar-refractivity contribution in [1.29, 1.82) is 0 Å². The Morgan fingerprint density at radius 3 is 2.62 bits per heavy atom. The van der Waals surface area contributed by atoms with Gasteiger partial charge in [0.2, 0.25) is 0 Å². The molecule has 0 aliphatic rings.